The van der Waals surface area contributed by atoms with E-state index in [4.69, 9.17) is 5.73 Å². The largest absolute Gasteiger partial charge is 0.330 e. The molecule has 2 N–H and O–H groups in total. The normalized spacial score (nSPS) is 26.1. The van der Waals surface area contributed by atoms with Crippen molar-refractivity contribution in [3.63, 3.8) is 0 Å². The lowest BCUT2D eigenvalue weighted by Crippen LogP contribution is -2.39. The first-order valence-electron chi connectivity index (χ1n) is 5.98. The number of likely N-dealkylation sites (tertiary alicyclic amines) is 1. The van der Waals surface area contributed by atoms with Gasteiger partial charge in [0.1, 0.15) is 5.82 Å². The first kappa shape index (κ1) is 13.0. The summed E-state index contributed by atoms with van der Waals surface area (Å²) in [5.74, 6) is 0.252. The fourth-order valence-corrected chi connectivity index (χ4v) is 3.13. The van der Waals surface area contributed by atoms with Gasteiger partial charge in [0.05, 0.1) is 4.47 Å². The Morgan fingerprint density at radius 2 is 2.29 bits per heavy atom. The van der Waals surface area contributed by atoms with Crippen LogP contribution in [0.25, 0.3) is 0 Å². The predicted octanol–water partition coefficient (Wildman–Crippen LogP) is 2.93. The summed E-state index contributed by atoms with van der Waals surface area (Å²) in [6.45, 7) is 1.76. The summed E-state index contributed by atoms with van der Waals surface area (Å²) < 4.78 is 13.8. The molecule has 0 saturated carbocycles. The Hall–Kier alpha value is -0.450. The van der Waals surface area contributed by atoms with Gasteiger partial charge in [0.25, 0.3) is 0 Å². The minimum atomic E-state index is -0.212. The van der Waals surface area contributed by atoms with Gasteiger partial charge in [-0.15, -0.1) is 0 Å². The highest BCUT2D eigenvalue weighted by atomic mass is 79.9. The second-order valence-electron chi connectivity index (χ2n) is 4.74. The highest BCUT2D eigenvalue weighted by molar-refractivity contribution is 9.10. The Morgan fingerprint density at radius 3 is 2.94 bits per heavy atom. The van der Waals surface area contributed by atoms with E-state index in [-0.39, 0.29) is 5.82 Å². The summed E-state index contributed by atoms with van der Waals surface area (Å²) in [6.07, 6.45) is 2.34. The van der Waals surface area contributed by atoms with E-state index in [9.17, 15) is 4.39 Å². The van der Waals surface area contributed by atoms with E-state index < -0.39 is 0 Å². The van der Waals surface area contributed by atoms with Crippen LogP contribution in [-0.2, 0) is 0 Å². The van der Waals surface area contributed by atoms with Crippen molar-refractivity contribution in [1.29, 1.82) is 0 Å². The summed E-state index contributed by atoms with van der Waals surface area (Å²) in [4.78, 5) is 2.32. The van der Waals surface area contributed by atoms with Crippen molar-refractivity contribution in [3.05, 3.63) is 34.1 Å². The molecular formula is C13H18BrFN2. The van der Waals surface area contributed by atoms with Gasteiger partial charge in [-0.2, -0.15) is 0 Å². The Kier molecular flexibility index (Phi) is 4.17. The van der Waals surface area contributed by atoms with E-state index in [1.165, 1.54) is 12.5 Å². The number of halogens is 2. The van der Waals surface area contributed by atoms with Gasteiger partial charge in [0.15, 0.2) is 0 Å². The van der Waals surface area contributed by atoms with Crippen LogP contribution in [0.1, 0.15) is 24.4 Å². The Balaban J connectivity index is 2.31. The van der Waals surface area contributed by atoms with Crippen LogP contribution in [0, 0.1) is 11.7 Å². The number of nitrogens with zero attached hydrogens (tertiary/aromatic N) is 1. The molecule has 17 heavy (non-hydrogen) atoms. The van der Waals surface area contributed by atoms with Crippen molar-refractivity contribution >= 4 is 15.9 Å². The average molecular weight is 301 g/mol. The molecule has 2 rings (SSSR count). The summed E-state index contributed by atoms with van der Waals surface area (Å²) in [5, 5.41) is 0. The molecule has 1 aromatic rings. The Labute approximate surface area is 110 Å². The standard InChI is InChI=1S/C13H18BrFN2/c1-17-6-2-3-10(8-16)13(17)9-4-5-12(15)11(14)7-9/h4-5,7,10,13H,2-3,6,8,16H2,1H3. The number of hydrogen-bond acceptors (Lipinski definition) is 2. The maximum atomic E-state index is 13.3. The molecule has 0 aromatic heterocycles. The van der Waals surface area contributed by atoms with Crippen molar-refractivity contribution in [2.24, 2.45) is 11.7 Å². The number of nitrogens with two attached hydrogens (primary N) is 1. The smallest absolute Gasteiger partial charge is 0.137 e. The third kappa shape index (κ3) is 2.69. The topological polar surface area (TPSA) is 29.3 Å². The SMILES string of the molecule is CN1CCCC(CN)C1c1ccc(F)c(Br)c1. The van der Waals surface area contributed by atoms with Gasteiger partial charge in [-0.05, 0) is 72.5 Å². The molecule has 0 radical (unpaired) electrons. The van der Waals surface area contributed by atoms with Crippen LogP contribution in [0.2, 0.25) is 0 Å². The second-order valence-corrected chi connectivity index (χ2v) is 5.59. The zero-order valence-corrected chi connectivity index (χ0v) is 11.6. The Bertz CT molecular complexity index is 397. The Morgan fingerprint density at radius 1 is 1.53 bits per heavy atom. The van der Waals surface area contributed by atoms with Crippen molar-refractivity contribution in [2.75, 3.05) is 20.1 Å². The van der Waals surface area contributed by atoms with Gasteiger partial charge in [-0.25, -0.2) is 4.39 Å². The van der Waals surface area contributed by atoms with E-state index >= 15 is 0 Å². The molecule has 1 aliphatic heterocycles. The van der Waals surface area contributed by atoms with E-state index in [0.717, 1.165) is 18.5 Å². The molecule has 1 saturated heterocycles. The molecule has 1 aromatic carbocycles. The number of hydrogen-bond donors (Lipinski definition) is 1. The zero-order valence-electron chi connectivity index (χ0n) is 10.00. The van der Waals surface area contributed by atoms with Crippen molar-refractivity contribution < 1.29 is 4.39 Å². The molecule has 0 aliphatic carbocycles. The molecule has 2 atom stereocenters. The fourth-order valence-electron chi connectivity index (χ4n) is 2.73. The van der Waals surface area contributed by atoms with Gasteiger partial charge in [0, 0.05) is 6.04 Å². The summed E-state index contributed by atoms with van der Waals surface area (Å²) >= 11 is 3.25. The van der Waals surface area contributed by atoms with Crippen LogP contribution in [-0.4, -0.2) is 25.0 Å². The third-order valence-corrected chi connectivity index (χ3v) is 4.20. The van der Waals surface area contributed by atoms with Gasteiger partial charge in [-0.3, -0.25) is 4.90 Å². The third-order valence-electron chi connectivity index (χ3n) is 3.60. The molecule has 0 bridgehead atoms. The quantitative estimate of drug-likeness (QED) is 0.910. The minimum absolute atomic E-state index is 0.212. The van der Waals surface area contributed by atoms with Gasteiger partial charge < -0.3 is 5.73 Å². The van der Waals surface area contributed by atoms with Gasteiger partial charge in [0.2, 0.25) is 0 Å². The van der Waals surface area contributed by atoms with Crippen LogP contribution >= 0.6 is 15.9 Å². The minimum Gasteiger partial charge on any atom is -0.330 e. The van der Waals surface area contributed by atoms with Crippen molar-refractivity contribution in [1.82, 2.24) is 4.90 Å². The molecular weight excluding hydrogens is 283 g/mol. The van der Waals surface area contributed by atoms with E-state index in [1.54, 1.807) is 0 Å². The number of rotatable bonds is 2. The zero-order chi connectivity index (χ0) is 12.4. The van der Waals surface area contributed by atoms with E-state index in [0.29, 0.717) is 23.0 Å². The first-order chi connectivity index (χ1) is 8.13. The molecule has 1 fully saturated rings. The summed E-state index contributed by atoms with van der Waals surface area (Å²) in [5.41, 5.74) is 7.00. The van der Waals surface area contributed by atoms with Crippen molar-refractivity contribution in [2.45, 2.75) is 18.9 Å². The molecule has 1 heterocycles. The predicted molar refractivity (Wildman–Crippen MR) is 71.2 cm³/mol. The number of piperidine rings is 1. The van der Waals surface area contributed by atoms with Crippen LogP contribution in [0.4, 0.5) is 4.39 Å². The molecule has 0 amide bonds. The van der Waals surface area contributed by atoms with Crippen LogP contribution in [0.15, 0.2) is 22.7 Å². The number of benzene rings is 1. The molecule has 94 valence electrons. The average Bonchev–Trinajstić information content (AvgIpc) is 2.32. The van der Waals surface area contributed by atoms with Gasteiger partial charge in [-0.1, -0.05) is 6.07 Å². The van der Waals surface area contributed by atoms with Crippen molar-refractivity contribution in [3.8, 4) is 0 Å². The molecule has 1 aliphatic rings. The summed E-state index contributed by atoms with van der Waals surface area (Å²) in [6, 6.07) is 5.58. The lowest BCUT2D eigenvalue weighted by Gasteiger charge is -2.39. The van der Waals surface area contributed by atoms with Crippen LogP contribution in [0.5, 0.6) is 0 Å². The molecule has 4 heteroatoms. The first-order valence-corrected chi connectivity index (χ1v) is 6.78. The maximum Gasteiger partial charge on any atom is 0.137 e. The molecule has 2 nitrogen and oxygen atoms in total. The summed E-state index contributed by atoms with van der Waals surface area (Å²) in [7, 11) is 2.11. The lowest BCUT2D eigenvalue weighted by atomic mass is 9.85. The van der Waals surface area contributed by atoms with Crippen LogP contribution < -0.4 is 5.73 Å². The second kappa shape index (κ2) is 5.46. The van der Waals surface area contributed by atoms with Crippen LogP contribution in [0.3, 0.4) is 0 Å². The van der Waals surface area contributed by atoms with E-state index in [2.05, 4.69) is 27.9 Å². The molecule has 0 spiro atoms. The lowest BCUT2D eigenvalue weighted by molar-refractivity contribution is 0.125. The highest BCUT2D eigenvalue weighted by Crippen LogP contribution is 2.35. The van der Waals surface area contributed by atoms with E-state index in [1.807, 2.05) is 12.1 Å². The maximum absolute atomic E-state index is 13.3. The molecule has 2 unspecified atom stereocenters. The monoisotopic (exact) mass is 300 g/mol. The fraction of sp³-hybridized carbons (Fsp3) is 0.538. The highest BCUT2D eigenvalue weighted by Gasteiger charge is 2.29. The van der Waals surface area contributed by atoms with Gasteiger partial charge >= 0.3 is 0 Å².